The van der Waals surface area contributed by atoms with Crippen molar-refractivity contribution in [2.45, 2.75) is 38.4 Å². The normalized spacial score (nSPS) is 11.7. The van der Waals surface area contributed by atoms with Crippen molar-refractivity contribution >= 4 is 45.6 Å². The number of hydrogen-bond acceptors (Lipinski definition) is 4. The first kappa shape index (κ1) is 17.8. The van der Waals surface area contributed by atoms with Gasteiger partial charge in [-0.3, -0.25) is 9.35 Å². The van der Waals surface area contributed by atoms with Gasteiger partial charge in [-0.15, -0.1) is 0 Å². The molecule has 0 spiro atoms. The minimum absolute atomic E-state index is 0. The third-order valence-electron chi connectivity index (χ3n) is 2.28. The van der Waals surface area contributed by atoms with E-state index in [9.17, 15) is 13.2 Å². The zero-order valence-electron chi connectivity index (χ0n) is 8.61. The first-order valence-electron chi connectivity index (χ1n) is 4.50. The van der Waals surface area contributed by atoms with Crippen molar-refractivity contribution in [3.63, 3.8) is 0 Å². The topological polar surface area (TPSA) is 80.7 Å². The zero-order valence-corrected chi connectivity index (χ0v) is 9.43. The summed E-state index contributed by atoms with van der Waals surface area (Å²) in [5.41, 5.74) is 0. The van der Waals surface area contributed by atoms with Crippen LogP contribution in [0.2, 0.25) is 0 Å². The first-order chi connectivity index (χ1) is 6.35. The van der Waals surface area contributed by atoms with Crippen LogP contribution in [0.25, 0.3) is 0 Å². The molecule has 0 bridgehead atoms. The second-order valence-electron chi connectivity index (χ2n) is 2.90. The molecule has 0 amide bonds. The summed E-state index contributed by atoms with van der Waals surface area (Å²) < 4.78 is 34.0. The molecule has 0 atom stereocenters. The van der Waals surface area contributed by atoms with Crippen molar-refractivity contribution in [1.29, 1.82) is 0 Å². The van der Waals surface area contributed by atoms with Gasteiger partial charge in [0.15, 0.2) is 4.75 Å². The van der Waals surface area contributed by atoms with Gasteiger partial charge in [0.25, 0.3) is 10.1 Å². The van der Waals surface area contributed by atoms with Gasteiger partial charge in [0.05, 0.1) is 6.61 Å². The van der Waals surface area contributed by atoms with Crippen LogP contribution in [0.5, 0.6) is 0 Å². The van der Waals surface area contributed by atoms with Gasteiger partial charge in [0.2, 0.25) is 0 Å². The Morgan fingerprint density at radius 1 is 1.27 bits per heavy atom. The number of hydrogen-bond donors (Lipinski definition) is 1. The van der Waals surface area contributed by atoms with Crippen LogP contribution < -0.4 is 0 Å². The van der Waals surface area contributed by atoms with Crippen LogP contribution in [0, 0.1) is 0 Å². The van der Waals surface area contributed by atoms with Crippen molar-refractivity contribution in [3.8, 4) is 0 Å². The molecule has 0 aromatic heterocycles. The molecule has 0 aliphatic heterocycles. The van der Waals surface area contributed by atoms with E-state index in [2.05, 4.69) is 4.74 Å². The molecule has 0 aliphatic rings. The Morgan fingerprint density at radius 2 is 1.67 bits per heavy atom. The van der Waals surface area contributed by atoms with Gasteiger partial charge >= 0.3 is 35.5 Å². The molecule has 7 heteroatoms. The summed E-state index contributed by atoms with van der Waals surface area (Å²) in [6, 6.07) is 0. The molecule has 86 valence electrons. The molecule has 0 aromatic carbocycles. The SMILES string of the molecule is CCOC(=O)C(CC)(CC)S(=O)(=O)O.[NaH]. The van der Waals surface area contributed by atoms with Gasteiger partial charge < -0.3 is 4.74 Å². The van der Waals surface area contributed by atoms with Gasteiger partial charge in [0.1, 0.15) is 0 Å². The maximum absolute atomic E-state index is 11.4. The second kappa shape index (κ2) is 6.85. The summed E-state index contributed by atoms with van der Waals surface area (Å²) in [7, 11) is -4.42. The third-order valence-corrected chi connectivity index (χ3v) is 4.02. The van der Waals surface area contributed by atoms with Gasteiger partial charge in [-0.25, -0.2) is 0 Å². The summed E-state index contributed by atoms with van der Waals surface area (Å²) in [4.78, 5) is 11.4. The minimum atomic E-state index is -4.42. The molecule has 0 aromatic rings. The predicted octanol–water partition coefficient (Wildman–Crippen LogP) is 0.348. The van der Waals surface area contributed by atoms with Crippen molar-refractivity contribution in [2.75, 3.05) is 6.61 Å². The molecule has 0 unspecified atom stereocenters. The molecule has 0 saturated carbocycles. The fourth-order valence-corrected chi connectivity index (χ4v) is 2.27. The van der Waals surface area contributed by atoms with Gasteiger partial charge in [-0.05, 0) is 19.8 Å². The van der Waals surface area contributed by atoms with E-state index in [0.29, 0.717) is 0 Å². The molecule has 0 radical (unpaired) electrons. The van der Waals surface area contributed by atoms with E-state index in [1.54, 1.807) is 6.92 Å². The Morgan fingerprint density at radius 3 is 1.87 bits per heavy atom. The molecule has 15 heavy (non-hydrogen) atoms. The quantitative estimate of drug-likeness (QED) is 0.431. The Hall–Kier alpha value is 0.380. The molecule has 0 rings (SSSR count). The van der Waals surface area contributed by atoms with Crippen molar-refractivity contribution in [1.82, 2.24) is 0 Å². The Bertz CT molecular complexity index is 294. The maximum atomic E-state index is 11.4. The van der Waals surface area contributed by atoms with Crippen molar-refractivity contribution in [2.24, 2.45) is 0 Å². The summed E-state index contributed by atoms with van der Waals surface area (Å²) in [6.45, 7) is 4.72. The van der Waals surface area contributed by atoms with Crippen molar-refractivity contribution < 1.29 is 22.5 Å². The average Bonchev–Trinajstić information content (AvgIpc) is 2.05. The van der Waals surface area contributed by atoms with Gasteiger partial charge in [-0.1, -0.05) is 13.8 Å². The zero-order chi connectivity index (χ0) is 11.4. The summed E-state index contributed by atoms with van der Waals surface area (Å²) >= 11 is 0. The summed E-state index contributed by atoms with van der Waals surface area (Å²) in [5.74, 6) is -0.882. The number of esters is 1. The van der Waals surface area contributed by atoms with E-state index in [-0.39, 0.29) is 49.0 Å². The predicted molar refractivity (Wildman–Crippen MR) is 58.6 cm³/mol. The van der Waals surface area contributed by atoms with E-state index in [4.69, 9.17) is 4.55 Å². The molecule has 0 aliphatic carbocycles. The monoisotopic (exact) mass is 248 g/mol. The average molecular weight is 248 g/mol. The number of carbonyl (C=O) groups is 1. The molecule has 0 saturated heterocycles. The first-order valence-corrected chi connectivity index (χ1v) is 5.94. The van der Waals surface area contributed by atoms with Crippen LogP contribution in [0.15, 0.2) is 0 Å². The molecule has 0 heterocycles. The van der Waals surface area contributed by atoms with Crippen LogP contribution in [0.1, 0.15) is 33.6 Å². The van der Waals surface area contributed by atoms with Crippen LogP contribution in [0.3, 0.4) is 0 Å². The summed E-state index contributed by atoms with van der Waals surface area (Å²) in [6.07, 6.45) is 0.00231. The van der Waals surface area contributed by atoms with Gasteiger partial charge in [0, 0.05) is 0 Å². The van der Waals surface area contributed by atoms with Crippen molar-refractivity contribution in [3.05, 3.63) is 0 Å². The molecule has 0 fully saturated rings. The number of carbonyl (C=O) groups excluding carboxylic acids is 1. The van der Waals surface area contributed by atoms with E-state index in [0.717, 1.165) is 0 Å². The Labute approximate surface area is 113 Å². The standard InChI is InChI=1S/C8H16O5S.Na.H/c1-4-8(5-2,14(10,11)12)7(9)13-6-3;;/h4-6H2,1-3H3,(H,10,11,12);;. The summed E-state index contributed by atoms with van der Waals surface area (Å²) in [5, 5.41) is 0. The second-order valence-corrected chi connectivity index (χ2v) is 4.63. The van der Waals surface area contributed by atoms with Crippen LogP contribution >= 0.6 is 0 Å². The van der Waals surface area contributed by atoms with Crippen LogP contribution in [0.4, 0.5) is 0 Å². The number of rotatable bonds is 5. The third kappa shape index (κ3) is 3.71. The van der Waals surface area contributed by atoms with E-state index in [1.165, 1.54) is 13.8 Å². The number of ether oxygens (including phenoxy) is 1. The van der Waals surface area contributed by atoms with E-state index in [1.807, 2.05) is 0 Å². The van der Waals surface area contributed by atoms with E-state index >= 15 is 0 Å². The molecule has 5 nitrogen and oxygen atoms in total. The molecular formula is C8H17NaO5S. The fraction of sp³-hybridized carbons (Fsp3) is 0.875. The fourth-order valence-electron chi connectivity index (χ4n) is 1.27. The Balaban J connectivity index is 0. The molecule has 1 N–H and O–H groups in total. The molecular weight excluding hydrogens is 231 g/mol. The van der Waals surface area contributed by atoms with Gasteiger partial charge in [-0.2, -0.15) is 8.42 Å². The van der Waals surface area contributed by atoms with E-state index < -0.39 is 20.8 Å². The van der Waals surface area contributed by atoms with Crippen LogP contribution in [-0.4, -0.2) is 59.9 Å². The van der Waals surface area contributed by atoms with Crippen LogP contribution in [-0.2, 0) is 19.6 Å². The Kier molecular flexibility index (Phi) is 8.12.